The van der Waals surface area contributed by atoms with Crippen LogP contribution in [0.25, 0.3) is 0 Å². The molecule has 22 heavy (non-hydrogen) atoms. The van der Waals surface area contributed by atoms with Gasteiger partial charge >= 0.3 is 11.9 Å². The molecule has 0 aliphatic rings. The number of carbonyl (C=O) groups is 2. The molecule has 0 spiro atoms. The van der Waals surface area contributed by atoms with Crippen LogP contribution < -0.4 is 0 Å². The predicted octanol–water partition coefficient (Wildman–Crippen LogP) is 2.02. The largest absolute Gasteiger partial charge is 0.460 e. The van der Waals surface area contributed by atoms with Gasteiger partial charge in [-0.3, -0.25) is 0 Å². The van der Waals surface area contributed by atoms with E-state index < -0.39 is 5.97 Å². The first kappa shape index (κ1) is 22.6. The molecule has 128 valence electrons. The topological polar surface area (TPSA) is 82.1 Å². The Morgan fingerprint density at radius 3 is 1.82 bits per heavy atom. The first-order valence-electron chi connectivity index (χ1n) is 7.20. The highest BCUT2D eigenvalue weighted by Crippen LogP contribution is 1.92. The minimum atomic E-state index is -0.455. The summed E-state index contributed by atoms with van der Waals surface area (Å²) >= 11 is 0. The number of rotatable bonds is 10. The third kappa shape index (κ3) is 16.4. The zero-order chi connectivity index (χ0) is 17.4. The molecule has 0 aromatic heterocycles. The second-order valence-electron chi connectivity index (χ2n) is 4.52. The summed E-state index contributed by atoms with van der Waals surface area (Å²) in [5.74, 6) is -0.803. The average molecular weight is 316 g/mol. The van der Waals surface area contributed by atoms with Gasteiger partial charge < -0.3 is 19.3 Å². The molecule has 6 nitrogen and oxygen atoms in total. The molecule has 0 bridgehead atoms. The normalized spacial score (nSPS) is 9.27. The lowest BCUT2D eigenvalue weighted by Gasteiger charge is -2.04. The molecule has 0 saturated carbocycles. The first-order valence-corrected chi connectivity index (χ1v) is 7.20. The summed E-state index contributed by atoms with van der Waals surface area (Å²) in [5, 5.41) is 8.19. The van der Waals surface area contributed by atoms with Gasteiger partial charge in [0.05, 0.1) is 13.2 Å². The molecule has 0 atom stereocenters. The van der Waals surface area contributed by atoms with Crippen molar-refractivity contribution in [1.29, 1.82) is 0 Å². The lowest BCUT2D eigenvalue weighted by molar-refractivity contribution is -0.141. The van der Waals surface area contributed by atoms with E-state index in [-0.39, 0.29) is 19.2 Å². The van der Waals surface area contributed by atoms with Crippen molar-refractivity contribution in [2.75, 3.05) is 33.0 Å². The van der Waals surface area contributed by atoms with Gasteiger partial charge in [-0.15, -0.1) is 0 Å². The maximum absolute atomic E-state index is 10.9. The first-order chi connectivity index (χ1) is 10.4. The van der Waals surface area contributed by atoms with Gasteiger partial charge in [-0.1, -0.05) is 26.5 Å². The third-order valence-electron chi connectivity index (χ3n) is 2.12. The molecule has 1 N–H and O–H groups in total. The molecule has 0 aromatic carbocycles. The lowest BCUT2D eigenvalue weighted by Crippen LogP contribution is -2.11. The summed E-state index contributed by atoms with van der Waals surface area (Å²) < 4.78 is 14.5. The molecule has 6 heteroatoms. The van der Waals surface area contributed by atoms with Crippen LogP contribution in [0.5, 0.6) is 0 Å². The number of hydrogen-bond donors (Lipinski definition) is 1. The third-order valence-corrected chi connectivity index (χ3v) is 2.12. The van der Waals surface area contributed by atoms with Crippen molar-refractivity contribution in [2.24, 2.45) is 0 Å². The second-order valence-corrected chi connectivity index (χ2v) is 4.52. The quantitative estimate of drug-likeness (QED) is 0.377. The van der Waals surface area contributed by atoms with Crippen LogP contribution in [0.4, 0.5) is 0 Å². The van der Waals surface area contributed by atoms with E-state index in [9.17, 15) is 9.59 Å². The zero-order valence-corrected chi connectivity index (χ0v) is 13.9. The van der Waals surface area contributed by atoms with Gasteiger partial charge in [0, 0.05) is 17.8 Å². The van der Waals surface area contributed by atoms with E-state index >= 15 is 0 Å². The van der Waals surface area contributed by atoms with Gasteiger partial charge in [0.15, 0.2) is 0 Å². The van der Waals surface area contributed by atoms with E-state index in [1.165, 1.54) is 0 Å². The standard InChI is InChI=1S/C10H18O3.C6H10O3/c1-4-5-6-12-7-8-13-10(11)9(2)3;1-5(2)6(8)9-4-3-7/h2,4-8H2,1,3H3;7H,1,3-4H2,2H3. The fourth-order valence-corrected chi connectivity index (χ4v) is 0.926. The SMILES string of the molecule is C=C(C)C(=O)OCCO.C=C(C)C(=O)OCCOCCCC. The summed E-state index contributed by atoms with van der Waals surface area (Å²) in [6.45, 7) is 13.5. The van der Waals surface area contributed by atoms with Crippen LogP contribution >= 0.6 is 0 Å². The Balaban J connectivity index is 0. The molecule has 0 rings (SSSR count). The molecular formula is C16H28O6. The lowest BCUT2D eigenvalue weighted by atomic mass is 10.4. The van der Waals surface area contributed by atoms with Crippen LogP contribution in [0.15, 0.2) is 24.3 Å². The molecule has 0 aromatic rings. The number of aliphatic hydroxyl groups excluding tert-OH is 1. The highest BCUT2D eigenvalue weighted by Gasteiger charge is 2.01. The van der Waals surface area contributed by atoms with Crippen LogP contribution in [0.2, 0.25) is 0 Å². The summed E-state index contributed by atoms with van der Waals surface area (Å²) in [5.41, 5.74) is 0.775. The molecule has 0 radical (unpaired) electrons. The summed E-state index contributed by atoms with van der Waals surface area (Å²) in [6, 6.07) is 0. The Morgan fingerprint density at radius 2 is 1.41 bits per heavy atom. The Labute approximate surface area is 132 Å². The molecule has 0 aliphatic carbocycles. The predicted molar refractivity (Wildman–Crippen MR) is 84.4 cm³/mol. The van der Waals surface area contributed by atoms with Crippen LogP contribution in [-0.2, 0) is 23.8 Å². The van der Waals surface area contributed by atoms with Crippen LogP contribution in [0, 0.1) is 0 Å². The van der Waals surface area contributed by atoms with Crippen LogP contribution in [-0.4, -0.2) is 50.1 Å². The van der Waals surface area contributed by atoms with Crippen molar-refractivity contribution in [3.8, 4) is 0 Å². The van der Waals surface area contributed by atoms with Crippen molar-refractivity contribution in [3.63, 3.8) is 0 Å². The fraction of sp³-hybridized carbons (Fsp3) is 0.625. The Bertz CT molecular complexity index is 349. The van der Waals surface area contributed by atoms with E-state index in [1.54, 1.807) is 13.8 Å². The van der Waals surface area contributed by atoms with Gasteiger partial charge in [-0.05, 0) is 20.3 Å². The van der Waals surface area contributed by atoms with Crippen molar-refractivity contribution in [2.45, 2.75) is 33.6 Å². The van der Waals surface area contributed by atoms with Crippen molar-refractivity contribution in [1.82, 2.24) is 0 Å². The Morgan fingerprint density at radius 1 is 0.909 bits per heavy atom. The van der Waals surface area contributed by atoms with E-state index in [0.717, 1.165) is 19.4 Å². The number of hydrogen-bond acceptors (Lipinski definition) is 6. The van der Waals surface area contributed by atoms with E-state index in [1.807, 2.05) is 0 Å². The van der Waals surface area contributed by atoms with E-state index in [4.69, 9.17) is 14.6 Å². The minimum absolute atomic E-state index is 0.0473. The van der Waals surface area contributed by atoms with Gasteiger partial charge in [0.1, 0.15) is 13.2 Å². The van der Waals surface area contributed by atoms with Gasteiger partial charge in [-0.2, -0.15) is 0 Å². The van der Waals surface area contributed by atoms with Gasteiger partial charge in [0.2, 0.25) is 0 Å². The Hall–Kier alpha value is -1.66. The summed E-state index contributed by atoms with van der Waals surface area (Å²) in [7, 11) is 0. The molecule has 0 aliphatic heterocycles. The van der Waals surface area contributed by atoms with Crippen LogP contribution in [0.3, 0.4) is 0 Å². The molecule has 0 unspecified atom stereocenters. The number of carbonyl (C=O) groups excluding carboxylic acids is 2. The monoisotopic (exact) mass is 316 g/mol. The maximum Gasteiger partial charge on any atom is 0.333 e. The zero-order valence-electron chi connectivity index (χ0n) is 13.9. The number of unbranched alkanes of at least 4 members (excludes halogenated alkanes) is 1. The fourth-order valence-electron chi connectivity index (χ4n) is 0.926. The molecule has 0 heterocycles. The van der Waals surface area contributed by atoms with Crippen molar-refractivity contribution in [3.05, 3.63) is 24.3 Å². The summed E-state index contributed by atoms with van der Waals surface area (Å²) in [6.07, 6.45) is 2.17. The number of esters is 2. The van der Waals surface area contributed by atoms with Crippen molar-refractivity contribution < 1.29 is 28.9 Å². The smallest absolute Gasteiger partial charge is 0.333 e. The molecule has 0 fully saturated rings. The van der Waals surface area contributed by atoms with Crippen LogP contribution in [0.1, 0.15) is 33.6 Å². The maximum atomic E-state index is 10.9. The molecule has 0 saturated heterocycles. The molecular weight excluding hydrogens is 288 g/mol. The van der Waals surface area contributed by atoms with Gasteiger partial charge in [0.25, 0.3) is 0 Å². The molecule has 0 amide bonds. The Kier molecular flexibility index (Phi) is 16.2. The average Bonchev–Trinajstić information content (AvgIpc) is 2.48. The van der Waals surface area contributed by atoms with Gasteiger partial charge in [-0.25, -0.2) is 9.59 Å². The number of ether oxygens (including phenoxy) is 3. The second kappa shape index (κ2) is 15.7. The van der Waals surface area contributed by atoms with Crippen molar-refractivity contribution >= 4 is 11.9 Å². The number of aliphatic hydroxyl groups is 1. The highest BCUT2D eigenvalue weighted by atomic mass is 16.6. The minimum Gasteiger partial charge on any atom is -0.460 e. The highest BCUT2D eigenvalue weighted by molar-refractivity contribution is 5.87. The van der Waals surface area contributed by atoms with E-state index in [0.29, 0.717) is 24.4 Å². The summed E-state index contributed by atoms with van der Waals surface area (Å²) in [4.78, 5) is 21.3. The van der Waals surface area contributed by atoms with E-state index in [2.05, 4.69) is 24.8 Å².